The van der Waals surface area contributed by atoms with Crippen LogP contribution < -0.4 is 0 Å². The zero-order valence-corrected chi connectivity index (χ0v) is 23.5. The first-order valence-corrected chi connectivity index (χ1v) is 14.1. The summed E-state index contributed by atoms with van der Waals surface area (Å²) in [6.45, 7) is -3.39. The molecule has 21 nitrogen and oxygen atoms in total. The van der Waals surface area contributed by atoms with Crippen molar-refractivity contribution in [2.45, 2.75) is 123 Å². The molecule has 0 aromatic rings. The minimum atomic E-state index is -2.02. The fraction of sp³-hybridized carbons (Fsp3) is 1.00. The standard InChI is InChI=1S/C24H42O21/c25-1-5-9(29)10(30)15(35)22(40-5)44-19-7(3-27)42-24(17(37)12(19)32)45-20-8(4-28)41-23(16(36)13(20)33)43-18-6(2-26)39-21(38)14(34)11(18)31/h5-38H,1-4H2/t5-,6-,7-,8-,9+,10+,11-,12-,13-,14-,15-,16+,17+,18+,19-,20-,21?,22+,23+,24+/m1/s1. The van der Waals surface area contributed by atoms with Crippen LogP contribution in [-0.4, -0.2) is 221 Å². The predicted octanol–water partition coefficient (Wildman–Crippen LogP) is -9.75. The highest BCUT2D eigenvalue weighted by Gasteiger charge is 2.55. The van der Waals surface area contributed by atoms with Crippen molar-refractivity contribution in [3.05, 3.63) is 0 Å². The quantitative estimate of drug-likeness (QED) is 0.103. The second-order valence-corrected chi connectivity index (χ2v) is 11.1. The van der Waals surface area contributed by atoms with E-state index in [1.165, 1.54) is 0 Å². The molecule has 0 radical (unpaired) electrons. The Kier molecular flexibility index (Phi) is 12.8. The summed E-state index contributed by atoms with van der Waals surface area (Å²) in [4.78, 5) is 0. The number of ether oxygens (including phenoxy) is 7. The molecule has 1 unspecified atom stereocenters. The summed E-state index contributed by atoms with van der Waals surface area (Å²) in [6.07, 6.45) is -35.3. The second-order valence-electron chi connectivity index (χ2n) is 11.1. The molecular weight excluding hydrogens is 624 g/mol. The van der Waals surface area contributed by atoms with E-state index in [0.29, 0.717) is 0 Å². The maximum Gasteiger partial charge on any atom is 0.187 e. The Labute approximate surface area is 254 Å². The first-order chi connectivity index (χ1) is 21.3. The molecule has 14 N–H and O–H groups in total. The van der Waals surface area contributed by atoms with Gasteiger partial charge in [0.25, 0.3) is 0 Å². The van der Waals surface area contributed by atoms with Crippen LogP contribution in [0.3, 0.4) is 0 Å². The third-order valence-corrected chi connectivity index (χ3v) is 8.20. The molecule has 264 valence electrons. The van der Waals surface area contributed by atoms with Gasteiger partial charge >= 0.3 is 0 Å². The molecule has 0 aliphatic carbocycles. The second kappa shape index (κ2) is 15.6. The summed E-state index contributed by atoms with van der Waals surface area (Å²) in [7, 11) is 0. The van der Waals surface area contributed by atoms with Gasteiger partial charge in [-0.15, -0.1) is 0 Å². The van der Waals surface area contributed by atoms with Crippen LogP contribution in [0, 0.1) is 0 Å². The van der Waals surface area contributed by atoms with Gasteiger partial charge in [-0.1, -0.05) is 0 Å². The molecule has 4 aliphatic rings. The fourth-order valence-corrected chi connectivity index (χ4v) is 5.55. The highest BCUT2D eigenvalue weighted by molar-refractivity contribution is 4.97. The minimum Gasteiger partial charge on any atom is -0.394 e. The van der Waals surface area contributed by atoms with E-state index in [2.05, 4.69) is 0 Å². The van der Waals surface area contributed by atoms with Crippen molar-refractivity contribution in [2.24, 2.45) is 0 Å². The van der Waals surface area contributed by atoms with Crippen molar-refractivity contribution in [1.82, 2.24) is 0 Å². The van der Waals surface area contributed by atoms with Gasteiger partial charge in [0.1, 0.15) is 97.7 Å². The van der Waals surface area contributed by atoms with E-state index in [9.17, 15) is 71.5 Å². The van der Waals surface area contributed by atoms with Gasteiger partial charge in [-0.25, -0.2) is 0 Å². The molecule has 20 atom stereocenters. The van der Waals surface area contributed by atoms with E-state index in [0.717, 1.165) is 0 Å². The van der Waals surface area contributed by atoms with Gasteiger partial charge in [-0.2, -0.15) is 0 Å². The smallest absolute Gasteiger partial charge is 0.187 e. The Morgan fingerprint density at radius 1 is 0.333 bits per heavy atom. The number of hydrogen-bond donors (Lipinski definition) is 14. The molecule has 0 aromatic heterocycles. The lowest BCUT2D eigenvalue weighted by atomic mass is 9.95. The number of rotatable bonds is 10. The molecule has 4 rings (SSSR count). The maximum absolute atomic E-state index is 10.9. The molecule has 0 amide bonds. The lowest BCUT2D eigenvalue weighted by Gasteiger charge is -2.49. The Morgan fingerprint density at radius 2 is 0.644 bits per heavy atom. The highest BCUT2D eigenvalue weighted by atomic mass is 16.8. The topological polar surface area (TPSA) is 348 Å². The molecule has 0 spiro atoms. The summed E-state index contributed by atoms with van der Waals surface area (Å²) in [6, 6.07) is 0. The van der Waals surface area contributed by atoms with Gasteiger partial charge in [-0.05, 0) is 0 Å². The van der Waals surface area contributed by atoms with Crippen molar-refractivity contribution in [1.29, 1.82) is 0 Å². The van der Waals surface area contributed by atoms with Crippen molar-refractivity contribution in [3.8, 4) is 0 Å². The van der Waals surface area contributed by atoms with Crippen LogP contribution in [-0.2, 0) is 33.2 Å². The summed E-state index contributed by atoms with van der Waals surface area (Å²) in [5.41, 5.74) is 0. The van der Waals surface area contributed by atoms with E-state index >= 15 is 0 Å². The maximum atomic E-state index is 10.9. The molecule has 4 saturated heterocycles. The SMILES string of the molecule is OC[C@H]1O[C@@H](O[C@H]2[C@H](O)[C@H](O)[C@H](O[C@H]3[C@H](O)[C@H](O)[C@H](O[C@@H]4[C@H](O)[C@@H](O)C(O)O[C@@H]4CO)O[C@@H]3CO)O[C@@H]2CO)[C@H](O)[C@@H](O)[C@H]1O. The van der Waals surface area contributed by atoms with Crippen molar-refractivity contribution >= 4 is 0 Å². The van der Waals surface area contributed by atoms with Gasteiger partial charge in [0.05, 0.1) is 26.4 Å². The Balaban J connectivity index is 1.43. The minimum absolute atomic E-state index is 0.784. The highest BCUT2D eigenvalue weighted by Crippen LogP contribution is 2.34. The number of aliphatic hydroxyl groups excluding tert-OH is 14. The third-order valence-electron chi connectivity index (χ3n) is 8.20. The predicted molar refractivity (Wildman–Crippen MR) is 134 cm³/mol. The first-order valence-electron chi connectivity index (χ1n) is 14.1. The molecular formula is C24H42O21. The van der Waals surface area contributed by atoms with Crippen molar-refractivity contribution in [3.63, 3.8) is 0 Å². The van der Waals surface area contributed by atoms with Gasteiger partial charge in [-0.3, -0.25) is 0 Å². The normalized spacial score (nSPS) is 52.9. The van der Waals surface area contributed by atoms with Crippen LogP contribution in [0.25, 0.3) is 0 Å². The third kappa shape index (κ3) is 7.44. The molecule has 0 bridgehead atoms. The summed E-state index contributed by atoms with van der Waals surface area (Å²) in [5.74, 6) is 0. The van der Waals surface area contributed by atoms with E-state index < -0.39 is 149 Å². The van der Waals surface area contributed by atoms with E-state index in [-0.39, 0.29) is 0 Å². The van der Waals surface area contributed by atoms with Crippen LogP contribution in [0.4, 0.5) is 0 Å². The lowest BCUT2D eigenvalue weighted by molar-refractivity contribution is -0.387. The van der Waals surface area contributed by atoms with Crippen LogP contribution in [0.1, 0.15) is 0 Å². The van der Waals surface area contributed by atoms with Crippen LogP contribution in [0.2, 0.25) is 0 Å². The molecule has 21 heteroatoms. The first kappa shape index (κ1) is 37.0. The Hall–Kier alpha value is -0.840. The van der Waals surface area contributed by atoms with Gasteiger partial charge in [0.15, 0.2) is 25.2 Å². The fourth-order valence-electron chi connectivity index (χ4n) is 5.55. The largest absolute Gasteiger partial charge is 0.394 e. The zero-order valence-electron chi connectivity index (χ0n) is 23.5. The van der Waals surface area contributed by atoms with E-state index in [1.807, 2.05) is 0 Å². The average Bonchev–Trinajstić information content (AvgIpc) is 3.03. The number of hydrogen-bond acceptors (Lipinski definition) is 21. The monoisotopic (exact) mass is 666 g/mol. The van der Waals surface area contributed by atoms with E-state index in [1.54, 1.807) is 0 Å². The molecule has 0 aromatic carbocycles. The molecule has 4 aliphatic heterocycles. The van der Waals surface area contributed by atoms with Gasteiger partial charge in [0.2, 0.25) is 0 Å². The van der Waals surface area contributed by atoms with Gasteiger partial charge in [0, 0.05) is 0 Å². The van der Waals surface area contributed by atoms with Gasteiger partial charge < -0.3 is 105 Å². The number of aliphatic hydroxyl groups is 14. The Morgan fingerprint density at radius 3 is 1.02 bits per heavy atom. The van der Waals surface area contributed by atoms with Crippen molar-refractivity contribution in [2.75, 3.05) is 26.4 Å². The average molecular weight is 667 g/mol. The summed E-state index contributed by atoms with van der Waals surface area (Å²) >= 11 is 0. The van der Waals surface area contributed by atoms with Crippen molar-refractivity contribution < 1.29 is 105 Å². The lowest BCUT2D eigenvalue weighted by Crippen LogP contribution is -2.67. The molecule has 45 heavy (non-hydrogen) atoms. The molecule has 0 saturated carbocycles. The molecule has 4 fully saturated rings. The Bertz CT molecular complexity index is 910. The summed E-state index contributed by atoms with van der Waals surface area (Å²) < 4.78 is 37.7. The van der Waals surface area contributed by atoms with Crippen LogP contribution >= 0.6 is 0 Å². The molecule has 4 heterocycles. The zero-order chi connectivity index (χ0) is 33.3. The van der Waals surface area contributed by atoms with Crippen LogP contribution in [0.5, 0.6) is 0 Å². The van der Waals surface area contributed by atoms with Crippen LogP contribution in [0.15, 0.2) is 0 Å². The van der Waals surface area contributed by atoms with E-state index in [4.69, 9.17) is 33.2 Å². The summed E-state index contributed by atoms with van der Waals surface area (Å²) in [5, 5.41) is 142.